The van der Waals surface area contributed by atoms with Crippen molar-refractivity contribution in [2.75, 3.05) is 13.1 Å². The summed E-state index contributed by atoms with van der Waals surface area (Å²) in [5.41, 5.74) is 2.26. The van der Waals surface area contributed by atoms with Gasteiger partial charge in [0.25, 0.3) is 0 Å². The number of rotatable bonds is 4. The fraction of sp³-hybridized carbons (Fsp3) is 0.750. The molecule has 0 aromatic carbocycles. The standard InChI is InChI=1S/C16H28N4/c1-6-16(5)11-20(15(9-19-16)12(2)3)10-14-8-17-13(4)7-18-14/h7-8,12,15,19H,6,9-11H2,1-5H3. The van der Waals surface area contributed by atoms with Gasteiger partial charge in [0.05, 0.1) is 11.4 Å². The molecule has 0 aliphatic carbocycles. The first-order valence-electron chi connectivity index (χ1n) is 7.70. The van der Waals surface area contributed by atoms with Gasteiger partial charge in [-0.15, -0.1) is 0 Å². The first kappa shape index (κ1) is 15.4. The van der Waals surface area contributed by atoms with Crippen molar-refractivity contribution in [2.45, 2.75) is 59.2 Å². The van der Waals surface area contributed by atoms with Crippen LogP contribution >= 0.6 is 0 Å². The second-order valence-electron chi connectivity index (χ2n) is 6.66. The second kappa shape index (κ2) is 6.19. The molecule has 2 unspecified atom stereocenters. The Labute approximate surface area is 123 Å². The summed E-state index contributed by atoms with van der Waals surface area (Å²) in [5.74, 6) is 0.641. The van der Waals surface area contributed by atoms with Gasteiger partial charge in [-0.05, 0) is 26.2 Å². The average molecular weight is 276 g/mol. The molecule has 0 bridgehead atoms. The monoisotopic (exact) mass is 276 g/mol. The number of piperazine rings is 1. The van der Waals surface area contributed by atoms with E-state index in [9.17, 15) is 0 Å². The third-order valence-electron chi connectivity index (χ3n) is 4.51. The van der Waals surface area contributed by atoms with Gasteiger partial charge in [0.2, 0.25) is 0 Å². The molecular formula is C16H28N4. The van der Waals surface area contributed by atoms with E-state index in [0.29, 0.717) is 12.0 Å². The van der Waals surface area contributed by atoms with Crippen molar-refractivity contribution in [1.82, 2.24) is 20.2 Å². The molecule has 20 heavy (non-hydrogen) atoms. The Balaban J connectivity index is 2.13. The van der Waals surface area contributed by atoms with Crippen LogP contribution in [-0.4, -0.2) is 39.5 Å². The van der Waals surface area contributed by atoms with E-state index in [1.54, 1.807) is 0 Å². The molecule has 2 atom stereocenters. The van der Waals surface area contributed by atoms with Crippen LogP contribution in [0.1, 0.15) is 45.5 Å². The summed E-state index contributed by atoms with van der Waals surface area (Å²) in [6.07, 6.45) is 4.92. The minimum absolute atomic E-state index is 0.212. The van der Waals surface area contributed by atoms with Crippen molar-refractivity contribution in [1.29, 1.82) is 0 Å². The molecule has 1 saturated heterocycles. The van der Waals surface area contributed by atoms with Gasteiger partial charge < -0.3 is 5.32 Å². The normalized spacial score (nSPS) is 28.0. The second-order valence-corrected chi connectivity index (χ2v) is 6.66. The SMILES string of the molecule is CCC1(C)CN(Cc2cnc(C)cn2)C(C(C)C)CN1. The molecule has 1 fully saturated rings. The Hall–Kier alpha value is -1.00. The molecule has 112 valence electrons. The molecule has 1 aromatic rings. The van der Waals surface area contributed by atoms with Crippen molar-refractivity contribution in [3.05, 3.63) is 23.8 Å². The predicted octanol–water partition coefficient (Wildman–Crippen LogP) is 2.38. The van der Waals surface area contributed by atoms with Gasteiger partial charge in [-0.25, -0.2) is 0 Å². The summed E-state index contributed by atoms with van der Waals surface area (Å²) in [4.78, 5) is 11.5. The van der Waals surface area contributed by atoms with Gasteiger partial charge >= 0.3 is 0 Å². The van der Waals surface area contributed by atoms with Crippen molar-refractivity contribution in [3.63, 3.8) is 0 Å². The molecule has 0 radical (unpaired) electrons. The van der Waals surface area contributed by atoms with Gasteiger partial charge in [0.15, 0.2) is 0 Å². The van der Waals surface area contributed by atoms with Crippen LogP contribution in [0.25, 0.3) is 0 Å². The minimum atomic E-state index is 0.212. The molecule has 2 heterocycles. The van der Waals surface area contributed by atoms with Gasteiger partial charge in [-0.2, -0.15) is 0 Å². The Morgan fingerprint density at radius 3 is 2.70 bits per heavy atom. The highest BCUT2D eigenvalue weighted by atomic mass is 15.3. The molecular weight excluding hydrogens is 248 g/mol. The van der Waals surface area contributed by atoms with Gasteiger partial charge in [0.1, 0.15) is 0 Å². The number of hydrogen-bond acceptors (Lipinski definition) is 4. The summed E-state index contributed by atoms with van der Waals surface area (Å²) in [6, 6.07) is 0.567. The topological polar surface area (TPSA) is 41.1 Å². The first-order valence-corrected chi connectivity index (χ1v) is 7.70. The zero-order valence-electron chi connectivity index (χ0n) is 13.5. The third-order valence-corrected chi connectivity index (χ3v) is 4.51. The molecule has 4 nitrogen and oxygen atoms in total. The van der Waals surface area contributed by atoms with Gasteiger partial charge in [0, 0.05) is 43.6 Å². The highest BCUT2D eigenvalue weighted by Gasteiger charge is 2.35. The van der Waals surface area contributed by atoms with Crippen molar-refractivity contribution in [2.24, 2.45) is 5.92 Å². The van der Waals surface area contributed by atoms with Crippen LogP contribution in [0.2, 0.25) is 0 Å². The van der Waals surface area contributed by atoms with Crippen LogP contribution in [-0.2, 0) is 6.54 Å². The highest BCUT2D eigenvalue weighted by Crippen LogP contribution is 2.24. The molecule has 0 amide bonds. The number of nitrogens with zero attached hydrogens (tertiary/aromatic N) is 3. The molecule has 1 N–H and O–H groups in total. The highest BCUT2D eigenvalue weighted by molar-refractivity contribution is 5.03. The number of nitrogens with one attached hydrogen (secondary N) is 1. The van der Waals surface area contributed by atoms with Crippen molar-refractivity contribution in [3.8, 4) is 0 Å². The first-order chi connectivity index (χ1) is 9.43. The van der Waals surface area contributed by atoms with Crippen LogP contribution in [0.15, 0.2) is 12.4 Å². The van der Waals surface area contributed by atoms with Gasteiger partial charge in [-0.1, -0.05) is 20.8 Å². The number of aromatic nitrogens is 2. The maximum atomic E-state index is 4.52. The van der Waals surface area contributed by atoms with E-state index in [-0.39, 0.29) is 5.54 Å². The van der Waals surface area contributed by atoms with Crippen LogP contribution < -0.4 is 5.32 Å². The summed E-state index contributed by atoms with van der Waals surface area (Å²) in [6.45, 7) is 14.2. The smallest absolute Gasteiger partial charge is 0.0727 e. The lowest BCUT2D eigenvalue weighted by Crippen LogP contribution is -2.63. The molecule has 0 saturated carbocycles. The van der Waals surface area contributed by atoms with E-state index in [1.807, 2.05) is 19.3 Å². The van der Waals surface area contributed by atoms with Crippen LogP contribution in [0.5, 0.6) is 0 Å². The van der Waals surface area contributed by atoms with E-state index in [0.717, 1.165) is 37.4 Å². The third kappa shape index (κ3) is 3.55. The number of aryl methyl sites for hydroxylation is 1. The Kier molecular flexibility index (Phi) is 4.76. The Morgan fingerprint density at radius 2 is 2.15 bits per heavy atom. The average Bonchev–Trinajstić information content (AvgIpc) is 2.41. The lowest BCUT2D eigenvalue weighted by molar-refractivity contribution is 0.0528. The van der Waals surface area contributed by atoms with E-state index in [2.05, 4.69) is 47.9 Å². The lowest BCUT2D eigenvalue weighted by atomic mass is 9.90. The molecule has 2 rings (SSSR count). The summed E-state index contributed by atoms with van der Waals surface area (Å²) in [7, 11) is 0. The van der Waals surface area contributed by atoms with Crippen molar-refractivity contribution < 1.29 is 0 Å². The molecule has 4 heteroatoms. The fourth-order valence-electron chi connectivity index (χ4n) is 2.88. The lowest BCUT2D eigenvalue weighted by Gasteiger charge is -2.47. The number of hydrogen-bond donors (Lipinski definition) is 1. The molecule has 1 aliphatic rings. The predicted molar refractivity (Wildman–Crippen MR) is 82.5 cm³/mol. The van der Waals surface area contributed by atoms with E-state index in [4.69, 9.17) is 0 Å². The van der Waals surface area contributed by atoms with Gasteiger partial charge in [-0.3, -0.25) is 14.9 Å². The largest absolute Gasteiger partial charge is 0.309 e. The molecule has 0 spiro atoms. The Morgan fingerprint density at radius 1 is 1.40 bits per heavy atom. The molecule has 1 aliphatic heterocycles. The van der Waals surface area contributed by atoms with Crippen molar-refractivity contribution >= 4 is 0 Å². The quantitative estimate of drug-likeness (QED) is 0.917. The fourth-order valence-corrected chi connectivity index (χ4v) is 2.88. The van der Waals surface area contributed by atoms with Crippen LogP contribution in [0, 0.1) is 12.8 Å². The maximum Gasteiger partial charge on any atom is 0.0727 e. The zero-order chi connectivity index (χ0) is 14.8. The summed E-state index contributed by atoms with van der Waals surface area (Å²) in [5, 5.41) is 3.72. The maximum absolute atomic E-state index is 4.52. The summed E-state index contributed by atoms with van der Waals surface area (Å²) < 4.78 is 0. The van der Waals surface area contributed by atoms with Crippen LogP contribution in [0.4, 0.5) is 0 Å². The zero-order valence-corrected chi connectivity index (χ0v) is 13.5. The summed E-state index contributed by atoms with van der Waals surface area (Å²) >= 11 is 0. The van der Waals surface area contributed by atoms with Crippen LogP contribution in [0.3, 0.4) is 0 Å². The van der Waals surface area contributed by atoms with E-state index < -0.39 is 0 Å². The minimum Gasteiger partial charge on any atom is -0.309 e. The van der Waals surface area contributed by atoms with E-state index in [1.165, 1.54) is 0 Å². The molecule has 1 aromatic heterocycles. The Bertz CT molecular complexity index is 429. The van der Waals surface area contributed by atoms with E-state index >= 15 is 0 Å².